The number of carbonyl (C=O) groups is 1. The van der Waals surface area contributed by atoms with E-state index in [1.165, 1.54) is 6.42 Å². The number of benzene rings is 1. The summed E-state index contributed by atoms with van der Waals surface area (Å²) in [6, 6.07) is 7.80. The van der Waals surface area contributed by atoms with Gasteiger partial charge in [0.1, 0.15) is 0 Å². The van der Waals surface area contributed by atoms with Crippen molar-refractivity contribution < 1.29 is 4.79 Å². The minimum Gasteiger partial charge on any atom is -0.340 e. The summed E-state index contributed by atoms with van der Waals surface area (Å²) in [5, 5.41) is 0.724. The standard InChI is InChI=1S/C21H24ClN3O/c1-13-7-14(2)12-25(11-13)21-23-10-17-19(24-21)8-15(9-20(17)26)16-5-3-4-6-18(16)22/h3-6,10,13-15H,7-9,11-12H2,1-2H3/t13-,14-,15-/m1/s1. The monoisotopic (exact) mass is 369 g/mol. The number of fused-ring (bicyclic) bond motifs is 1. The van der Waals surface area contributed by atoms with Gasteiger partial charge in [-0.05, 0) is 42.2 Å². The zero-order chi connectivity index (χ0) is 18.3. The summed E-state index contributed by atoms with van der Waals surface area (Å²) in [6.45, 7) is 6.51. The first-order valence-corrected chi connectivity index (χ1v) is 9.77. The molecule has 1 saturated heterocycles. The van der Waals surface area contributed by atoms with Gasteiger partial charge in [-0.2, -0.15) is 0 Å². The molecular weight excluding hydrogens is 346 g/mol. The van der Waals surface area contributed by atoms with E-state index in [9.17, 15) is 4.79 Å². The number of carbonyl (C=O) groups excluding carboxylic acids is 1. The number of rotatable bonds is 2. The van der Waals surface area contributed by atoms with E-state index in [2.05, 4.69) is 23.7 Å². The number of anilines is 1. The fourth-order valence-electron chi connectivity index (χ4n) is 4.44. The summed E-state index contributed by atoms with van der Waals surface area (Å²) >= 11 is 6.37. The highest BCUT2D eigenvalue weighted by molar-refractivity contribution is 6.31. The Morgan fingerprint density at radius 1 is 1.12 bits per heavy atom. The van der Waals surface area contributed by atoms with Crippen LogP contribution in [0.4, 0.5) is 5.95 Å². The third kappa shape index (κ3) is 3.35. The number of ketones is 1. The molecule has 1 fully saturated rings. The average molecular weight is 370 g/mol. The van der Waals surface area contributed by atoms with Crippen molar-refractivity contribution in [3.8, 4) is 0 Å². The summed E-state index contributed by atoms with van der Waals surface area (Å²) in [6.07, 6.45) is 4.18. The van der Waals surface area contributed by atoms with Crippen molar-refractivity contribution in [3.63, 3.8) is 0 Å². The molecule has 0 radical (unpaired) electrons. The number of piperidine rings is 1. The molecule has 0 bridgehead atoms. The van der Waals surface area contributed by atoms with Crippen LogP contribution >= 0.6 is 11.6 Å². The zero-order valence-electron chi connectivity index (χ0n) is 15.3. The van der Waals surface area contributed by atoms with Gasteiger partial charge in [0.15, 0.2) is 5.78 Å². The van der Waals surface area contributed by atoms with Gasteiger partial charge in [0.05, 0.1) is 11.3 Å². The molecule has 3 atom stereocenters. The maximum atomic E-state index is 12.6. The third-order valence-electron chi connectivity index (χ3n) is 5.52. The van der Waals surface area contributed by atoms with Crippen LogP contribution in [0.25, 0.3) is 0 Å². The second kappa shape index (κ2) is 6.99. The van der Waals surface area contributed by atoms with Gasteiger partial charge in [-0.25, -0.2) is 9.97 Å². The molecule has 2 heterocycles. The maximum Gasteiger partial charge on any atom is 0.225 e. The molecule has 1 aliphatic carbocycles. The molecule has 136 valence electrons. The van der Waals surface area contributed by atoms with E-state index in [1.54, 1.807) is 6.20 Å². The van der Waals surface area contributed by atoms with Gasteiger partial charge in [-0.15, -0.1) is 0 Å². The average Bonchev–Trinajstić information content (AvgIpc) is 2.60. The summed E-state index contributed by atoms with van der Waals surface area (Å²) in [4.78, 5) is 24.2. The molecule has 0 N–H and O–H groups in total. The summed E-state index contributed by atoms with van der Waals surface area (Å²) in [5.74, 6) is 2.23. The summed E-state index contributed by atoms with van der Waals surface area (Å²) in [7, 11) is 0. The summed E-state index contributed by atoms with van der Waals surface area (Å²) < 4.78 is 0. The van der Waals surface area contributed by atoms with E-state index in [1.807, 2.05) is 24.3 Å². The highest BCUT2D eigenvalue weighted by Crippen LogP contribution is 2.35. The van der Waals surface area contributed by atoms with E-state index in [4.69, 9.17) is 16.6 Å². The van der Waals surface area contributed by atoms with Gasteiger partial charge >= 0.3 is 0 Å². The largest absolute Gasteiger partial charge is 0.340 e. The highest BCUT2D eigenvalue weighted by atomic mass is 35.5. The van der Waals surface area contributed by atoms with Crippen molar-refractivity contribution >= 4 is 23.3 Å². The second-order valence-corrected chi connectivity index (χ2v) is 8.34. The Labute approximate surface area is 159 Å². The number of hydrogen-bond donors (Lipinski definition) is 0. The van der Waals surface area contributed by atoms with Gasteiger partial charge in [-0.3, -0.25) is 4.79 Å². The topological polar surface area (TPSA) is 46.1 Å². The molecular formula is C21H24ClN3O. The van der Waals surface area contributed by atoms with E-state index in [0.29, 0.717) is 23.8 Å². The molecule has 1 aliphatic heterocycles. The maximum absolute atomic E-state index is 12.6. The Kier molecular flexibility index (Phi) is 4.70. The van der Waals surface area contributed by atoms with Crippen LogP contribution in [0.15, 0.2) is 30.5 Å². The first-order valence-electron chi connectivity index (χ1n) is 9.39. The van der Waals surface area contributed by atoms with Gasteiger partial charge in [0.2, 0.25) is 5.95 Å². The van der Waals surface area contributed by atoms with Crippen molar-refractivity contribution in [2.45, 2.75) is 39.0 Å². The first kappa shape index (κ1) is 17.5. The van der Waals surface area contributed by atoms with Gasteiger partial charge < -0.3 is 4.90 Å². The van der Waals surface area contributed by atoms with Crippen LogP contribution in [0, 0.1) is 11.8 Å². The second-order valence-electron chi connectivity index (χ2n) is 7.93. The SMILES string of the molecule is C[C@@H]1C[C@@H](C)CN(c2ncc3c(n2)C[C@@H](c2ccccc2Cl)CC3=O)C1. The molecule has 2 aromatic rings. The van der Waals surface area contributed by atoms with Gasteiger partial charge in [0.25, 0.3) is 0 Å². The lowest BCUT2D eigenvalue weighted by molar-refractivity contribution is 0.0962. The fraction of sp³-hybridized carbons (Fsp3) is 0.476. The zero-order valence-corrected chi connectivity index (χ0v) is 16.0. The molecule has 4 nitrogen and oxygen atoms in total. The minimum atomic E-state index is 0.0886. The van der Waals surface area contributed by atoms with Crippen molar-refractivity contribution in [2.24, 2.45) is 11.8 Å². The molecule has 0 saturated carbocycles. The minimum absolute atomic E-state index is 0.0886. The van der Waals surface area contributed by atoms with Crippen LogP contribution < -0.4 is 4.90 Å². The highest BCUT2D eigenvalue weighted by Gasteiger charge is 2.30. The van der Waals surface area contributed by atoms with Crippen molar-refractivity contribution in [1.29, 1.82) is 0 Å². The predicted octanol–water partition coefficient (Wildman–Crippen LogP) is 4.53. The number of Topliss-reactive ketones (excluding diaryl/α,β-unsaturated/α-hetero) is 1. The van der Waals surface area contributed by atoms with E-state index >= 15 is 0 Å². The van der Waals surface area contributed by atoms with Crippen LogP contribution in [0.5, 0.6) is 0 Å². The Bertz CT molecular complexity index is 828. The van der Waals surface area contributed by atoms with Crippen molar-refractivity contribution in [2.75, 3.05) is 18.0 Å². The molecule has 1 aromatic heterocycles. The molecule has 5 heteroatoms. The van der Waals surface area contributed by atoms with E-state index in [-0.39, 0.29) is 11.7 Å². The van der Waals surface area contributed by atoms with Crippen molar-refractivity contribution in [3.05, 3.63) is 52.3 Å². The smallest absolute Gasteiger partial charge is 0.225 e. The Morgan fingerprint density at radius 3 is 2.58 bits per heavy atom. The van der Waals surface area contributed by atoms with Crippen LogP contribution in [0.3, 0.4) is 0 Å². The van der Waals surface area contributed by atoms with E-state index in [0.717, 1.165) is 41.7 Å². The van der Waals surface area contributed by atoms with Gasteiger partial charge in [-0.1, -0.05) is 43.6 Å². The lowest BCUT2D eigenvalue weighted by Crippen LogP contribution is -2.40. The number of aromatic nitrogens is 2. The quantitative estimate of drug-likeness (QED) is 0.780. The van der Waals surface area contributed by atoms with Crippen LogP contribution in [0.1, 0.15) is 54.2 Å². The Balaban J connectivity index is 1.64. The molecule has 2 aliphatic rings. The molecule has 0 unspecified atom stereocenters. The third-order valence-corrected chi connectivity index (χ3v) is 5.87. The van der Waals surface area contributed by atoms with Crippen LogP contribution in [0.2, 0.25) is 5.02 Å². The predicted molar refractivity (Wildman–Crippen MR) is 104 cm³/mol. The lowest BCUT2D eigenvalue weighted by atomic mass is 9.82. The lowest BCUT2D eigenvalue weighted by Gasteiger charge is -2.35. The molecule has 26 heavy (non-hydrogen) atoms. The summed E-state index contributed by atoms with van der Waals surface area (Å²) in [5.41, 5.74) is 2.57. The normalized spacial score (nSPS) is 25.9. The van der Waals surface area contributed by atoms with Crippen molar-refractivity contribution in [1.82, 2.24) is 9.97 Å². The number of halogens is 1. The van der Waals surface area contributed by atoms with E-state index < -0.39 is 0 Å². The molecule has 1 aromatic carbocycles. The molecule has 4 rings (SSSR count). The van der Waals surface area contributed by atoms with Crippen LogP contribution in [-0.4, -0.2) is 28.8 Å². The van der Waals surface area contributed by atoms with Gasteiger partial charge in [0, 0.05) is 30.7 Å². The first-order chi connectivity index (χ1) is 12.5. The molecule has 0 amide bonds. The fourth-order valence-corrected chi connectivity index (χ4v) is 4.73. The number of hydrogen-bond acceptors (Lipinski definition) is 4. The Hall–Kier alpha value is -1.94. The number of nitrogens with zero attached hydrogens (tertiary/aromatic N) is 3. The van der Waals surface area contributed by atoms with Crippen LogP contribution in [-0.2, 0) is 6.42 Å². The Morgan fingerprint density at radius 2 is 1.85 bits per heavy atom. The molecule has 0 spiro atoms.